The van der Waals surface area contributed by atoms with E-state index >= 15 is 0 Å². The van der Waals surface area contributed by atoms with Crippen molar-refractivity contribution in [1.82, 2.24) is 4.90 Å². The van der Waals surface area contributed by atoms with Crippen LogP contribution in [0.25, 0.3) is 6.08 Å². The standard InChI is InChI=1S/C14H11F2NO3S2/c15-9-3-4-10(16)8(6-9)7-11-13(20)17(14(21)22-11)5-1-2-12(18)19/h3-4,6-7H,1-2,5H2,(H,18,19)/b11-7-. The number of thiocarbonyl (C=S) groups is 1. The molecule has 0 unspecified atom stereocenters. The quantitative estimate of drug-likeness (QED) is 0.658. The zero-order chi connectivity index (χ0) is 16.3. The summed E-state index contributed by atoms with van der Waals surface area (Å²) in [5.74, 6) is -2.63. The summed E-state index contributed by atoms with van der Waals surface area (Å²) in [4.78, 5) is 24.1. The highest BCUT2D eigenvalue weighted by atomic mass is 32.2. The number of nitrogens with zero attached hydrogens (tertiary/aromatic N) is 1. The monoisotopic (exact) mass is 343 g/mol. The van der Waals surface area contributed by atoms with Gasteiger partial charge in [-0.3, -0.25) is 14.5 Å². The van der Waals surface area contributed by atoms with Crippen LogP contribution in [0.5, 0.6) is 0 Å². The summed E-state index contributed by atoms with van der Waals surface area (Å²) in [5.41, 5.74) is -0.0361. The van der Waals surface area contributed by atoms with Crippen LogP contribution >= 0.6 is 24.0 Å². The maximum Gasteiger partial charge on any atom is 0.303 e. The van der Waals surface area contributed by atoms with Gasteiger partial charge in [0.2, 0.25) is 0 Å². The van der Waals surface area contributed by atoms with E-state index in [1.807, 2.05) is 0 Å². The van der Waals surface area contributed by atoms with E-state index in [0.29, 0.717) is 0 Å². The molecule has 0 aliphatic carbocycles. The first kappa shape index (κ1) is 16.6. The van der Waals surface area contributed by atoms with Crippen molar-refractivity contribution >= 4 is 46.3 Å². The van der Waals surface area contributed by atoms with E-state index in [0.717, 1.165) is 30.0 Å². The Hall–Kier alpha value is -1.80. The first-order chi connectivity index (χ1) is 10.4. The van der Waals surface area contributed by atoms with Gasteiger partial charge in [0.05, 0.1) is 4.91 Å². The molecule has 0 radical (unpaired) electrons. The highest BCUT2D eigenvalue weighted by Crippen LogP contribution is 2.33. The SMILES string of the molecule is O=C(O)CCCN1C(=O)/C(=C/c2cc(F)ccc2F)SC1=S. The number of carbonyl (C=O) groups is 2. The van der Waals surface area contributed by atoms with Gasteiger partial charge in [0.25, 0.3) is 5.91 Å². The Morgan fingerprint density at radius 1 is 1.41 bits per heavy atom. The van der Waals surface area contributed by atoms with Crippen molar-refractivity contribution in [3.05, 3.63) is 40.3 Å². The van der Waals surface area contributed by atoms with Crippen LogP contribution in [0, 0.1) is 11.6 Å². The summed E-state index contributed by atoms with van der Waals surface area (Å²) >= 11 is 6.04. The molecule has 0 atom stereocenters. The number of hydrogen-bond donors (Lipinski definition) is 1. The molecule has 116 valence electrons. The second kappa shape index (κ2) is 6.97. The highest BCUT2D eigenvalue weighted by Gasteiger charge is 2.31. The molecule has 1 aromatic rings. The summed E-state index contributed by atoms with van der Waals surface area (Å²) in [6.45, 7) is 0.180. The van der Waals surface area contributed by atoms with Gasteiger partial charge >= 0.3 is 5.97 Å². The largest absolute Gasteiger partial charge is 0.481 e. The number of carbonyl (C=O) groups excluding carboxylic acids is 1. The molecular weight excluding hydrogens is 332 g/mol. The predicted molar refractivity (Wildman–Crippen MR) is 83.1 cm³/mol. The van der Waals surface area contributed by atoms with Gasteiger partial charge in [-0.15, -0.1) is 0 Å². The molecule has 4 nitrogen and oxygen atoms in total. The van der Waals surface area contributed by atoms with Crippen molar-refractivity contribution in [2.24, 2.45) is 0 Å². The van der Waals surface area contributed by atoms with Crippen molar-refractivity contribution in [3.63, 3.8) is 0 Å². The molecule has 1 amide bonds. The molecule has 22 heavy (non-hydrogen) atoms. The molecule has 0 spiro atoms. The van der Waals surface area contributed by atoms with Gasteiger partial charge < -0.3 is 5.11 Å². The third kappa shape index (κ3) is 3.89. The number of aliphatic carboxylic acids is 1. The Bertz CT molecular complexity index is 676. The number of halogens is 2. The second-order valence-electron chi connectivity index (χ2n) is 4.50. The summed E-state index contributed by atoms with van der Waals surface area (Å²) in [6.07, 6.45) is 1.44. The molecule has 1 fully saturated rings. The van der Waals surface area contributed by atoms with Crippen molar-refractivity contribution in [3.8, 4) is 0 Å². The first-order valence-electron chi connectivity index (χ1n) is 6.30. The number of thioether (sulfide) groups is 1. The fourth-order valence-corrected chi connectivity index (χ4v) is 3.15. The van der Waals surface area contributed by atoms with Crippen molar-refractivity contribution in [2.75, 3.05) is 6.54 Å². The lowest BCUT2D eigenvalue weighted by Gasteiger charge is -2.13. The minimum absolute atomic E-state index is 0.0361. The van der Waals surface area contributed by atoms with Gasteiger partial charge in [-0.05, 0) is 30.7 Å². The Morgan fingerprint density at radius 2 is 2.14 bits per heavy atom. The van der Waals surface area contributed by atoms with E-state index < -0.39 is 23.5 Å². The predicted octanol–water partition coefficient (Wildman–Crippen LogP) is 3.03. The van der Waals surface area contributed by atoms with Gasteiger partial charge in [-0.25, -0.2) is 8.78 Å². The highest BCUT2D eigenvalue weighted by molar-refractivity contribution is 8.26. The smallest absolute Gasteiger partial charge is 0.303 e. The minimum atomic E-state index is -0.956. The normalized spacial score (nSPS) is 16.6. The maximum absolute atomic E-state index is 13.6. The lowest BCUT2D eigenvalue weighted by atomic mass is 10.2. The minimum Gasteiger partial charge on any atom is -0.481 e. The first-order valence-corrected chi connectivity index (χ1v) is 7.53. The third-order valence-corrected chi connectivity index (χ3v) is 4.27. The Balaban J connectivity index is 2.15. The second-order valence-corrected chi connectivity index (χ2v) is 6.17. The van der Waals surface area contributed by atoms with E-state index in [9.17, 15) is 18.4 Å². The van der Waals surface area contributed by atoms with Crippen LogP contribution < -0.4 is 0 Å². The van der Waals surface area contributed by atoms with Gasteiger partial charge in [-0.1, -0.05) is 24.0 Å². The molecule has 1 aliphatic rings. The zero-order valence-electron chi connectivity index (χ0n) is 11.2. The molecule has 0 bridgehead atoms. The number of rotatable bonds is 5. The van der Waals surface area contributed by atoms with Crippen molar-refractivity contribution < 1.29 is 23.5 Å². The van der Waals surface area contributed by atoms with E-state index in [4.69, 9.17) is 17.3 Å². The van der Waals surface area contributed by atoms with Gasteiger partial charge in [0.15, 0.2) is 0 Å². The average Bonchev–Trinajstić information content (AvgIpc) is 2.70. The van der Waals surface area contributed by atoms with Crippen LogP contribution in [0.2, 0.25) is 0 Å². The molecule has 1 heterocycles. The zero-order valence-corrected chi connectivity index (χ0v) is 12.8. The summed E-state index contributed by atoms with van der Waals surface area (Å²) < 4.78 is 27.0. The summed E-state index contributed by atoms with van der Waals surface area (Å²) in [5, 5.41) is 8.59. The fourth-order valence-electron chi connectivity index (χ4n) is 1.85. The van der Waals surface area contributed by atoms with E-state index in [2.05, 4.69) is 0 Å². The van der Waals surface area contributed by atoms with Crippen LogP contribution in [-0.2, 0) is 9.59 Å². The van der Waals surface area contributed by atoms with E-state index in [1.54, 1.807) is 0 Å². The van der Waals surface area contributed by atoms with Crippen molar-refractivity contribution in [1.29, 1.82) is 0 Å². The lowest BCUT2D eigenvalue weighted by Crippen LogP contribution is -2.29. The molecule has 1 aliphatic heterocycles. The molecule has 2 rings (SSSR count). The topological polar surface area (TPSA) is 57.6 Å². The van der Waals surface area contributed by atoms with Crippen LogP contribution in [0.1, 0.15) is 18.4 Å². The van der Waals surface area contributed by atoms with Crippen LogP contribution in [0.4, 0.5) is 8.78 Å². The molecule has 1 aromatic carbocycles. The third-order valence-electron chi connectivity index (χ3n) is 2.89. The summed E-state index contributed by atoms with van der Waals surface area (Å²) in [7, 11) is 0. The summed E-state index contributed by atoms with van der Waals surface area (Å²) in [6, 6.07) is 2.96. The van der Waals surface area contributed by atoms with Crippen LogP contribution in [0.15, 0.2) is 23.1 Å². The number of carboxylic acid groups (broad SMARTS) is 1. The Morgan fingerprint density at radius 3 is 2.82 bits per heavy atom. The number of hydrogen-bond acceptors (Lipinski definition) is 4. The molecular formula is C14H11F2NO3S2. The Kier molecular flexibility index (Phi) is 5.25. The molecule has 1 saturated heterocycles. The molecule has 8 heteroatoms. The number of benzene rings is 1. The maximum atomic E-state index is 13.6. The fraction of sp³-hybridized carbons (Fsp3) is 0.214. The van der Waals surface area contributed by atoms with Crippen LogP contribution in [0.3, 0.4) is 0 Å². The Labute approximate surface area is 134 Å². The molecule has 0 aromatic heterocycles. The lowest BCUT2D eigenvalue weighted by molar-refractivity contribution is -0.137. The molecule has 1 N–H and O–H groups in total. The number of carboxylic acids is 1. The van der Waals surface area contributed by atoms with Gasteiger partial charge in [0.1, 0.15) is 16.0 Å². The van der Waals surface area contributed by atoms with E-state index in [1.165, 1.54) is 11.0 Å². The average molecular weight is 343 g/mol. The molecule has 0 saturated carbocycles. The van der Waals surface area contributed by atoms with Gasteiger partial charge in [0, 0.05) is 18.5 Å². The van der Waals surface area contributed by atoms with E-state index in [-0.39, 0.29) is 34.2 Å². The van der Waals surface area contributed by atoms with Crippen molar-refractivity contribution in [2.45, 2.75) is 12.8 Å². The number of amides is 1. The van der Waals surface area contributed by atoms with Gasteiger partial charge in [-0.2, -0.15) is 0 Å². The van der Waals surface area contributed by atoms with Crippen LogP contribution in [-0.4, -0.2) is 32.7 Å².